The fourth-order valence-electron chi connectivity index (χ4n) is 3.50. The molecule has 1 aromatic heterocycles. The third-order valence-electron chi connectivity index (χ3n) is 4.91. The van der Waals surface area contributed by atoms with Gasteiger partial charge in [0.15, 0.2) is 0 Å². The fourth-order valence-corrected chi connectivity index (χ4v) is 3.98. The summed E-state index contributed by atoms with van der Waals surface area (Å²) in [6, 6.07) is 14.3. The number of hydrogen-bond acceptors (Lipinski definition) is 4. The minimum atomic E-state index is -2.75. The zero-order chi connectivity index (χ0) is 22.0. The zero-order valence-corrected chi connectivity index (χ0v) is 18.6. The van der Waals surface area contributed by atoms with Gasteiger partial charge in [-0.2, -0.15) is 0 Å². The number of halogens is 1. The van der Waals surface area contributed by atoms with Gasteiger partial charge in [-0.05, 0) is 47.9 Å². The van der Waals surface area contributed by atoms with E-state index >= 15 is 0 Å². The van der Waals surface area contributed by atoms with Crippen molar-refractivity contribution in [3.05, 3.63) is 64.8 Å². The number of anilines is 1. The van der Waals surface area contributed by atoms with Crippen molar-refractivity contribution in [2.24, 2.45) is 7.05 Å². The highest BCUT2D eigenvalue weighted by atomic mass is 35.5. The summed E-state index contributed by atoms with van der Waals surface area (Å²) >= 11 is 6.04. The summed E-state index contributed by atoms with van der Waals surface area (Å²) in [5.74, 6) is -0.303. The average Bonchev–Trinajstić information content (AvgIpc) is 2.98. The Bertz CT molecular complexity index is 1140. The van der Waals surface area contributed by atoms with E-state index in [0.29, 0.717) is 16.4 Å². The molecule has 1 N–H and O–H groups in total. The smallest absolute Gasteiger partial charge is 0.294 e. The van der Waals surface area contributed by atoms with Gasteiger partial charge in [-0.1, -0.05) is 35.9 Å². The maximum atomic E-state index is 13.1. The number of nitrogens with one attached hydrogen (secondary N) is 1. The van der Waals surface area contributed by atoms with E-state index in [0.717, 1.165) is 27.9 Å². The van der Waals surface area contributed by atoms with Crippen LogP contribution in [0.4, 0.5) is 5.69 Å². The molecule has 0 aliphatic rings. The standard InChI is InChI=1S/C21H22ClN3O4S/c1-13-18(14-7-11-17(12-8-14)23-30(27)28)20(21(26)25(3)29-4)24(2)19(13)15-5-9-16(22)10-6-15/h5-12,30H,1-4H3,(H,23,27,28). The summed E-state index contributed by atoms with van der Waals surface area (Å²) in [6.07, 6.45) is 0. The van der Waals surface area contributed by atoms with Gasteiger partial charge in [-0.25, -0.2) is 13.5 Å². The van der Waals surface area contributed by atoms with Crippen LogP contribution < -0.4 is 4.72 Å². The Balaban J connectivity index is 2.23. The predicted molar refractivity (Wildman–Crippen MR) is 119 cm³/mol. The lowest BCUT2D eigenvalue weighted by Gasteiger charge is -2.16. The quantitative estimate of drug-likeness (QED) is 0.443. The lowest BCUT2D eigenvalue weighted by molar-refractivity contribution is -0.0761. The fraction of sp³-hybridized carbons (Fsp3) is 0.190. The van der Waals surface area contributed by atoms with E-state index in [2.05, 4.69) is 4.72 Å². The summed E-state index contributed by atoms with van der Waals surface area (Å²) in [5.41, 5.74) is 5.13. The molecule has 158 valence electrons. The molecule has 0 unspecified atom stereocenters. The molecular formula is C21H22ClN3O4S. The van der Waals surface area contributed by atoms with Crippen molar-refractivity contribution >= 4 is 34.1 Å². The van der Waals surface area contributed by atoms with Crippen LogP contribution >= 0.6 is 11.6 Å². The first-order valence-electron chi connectivity index (χ1n) is 9.03. The Morgan fingerprint density at radius 2 is 1.63 bits per heavy atom. The topological polar surface area (TPSA) is 80.6 Å². The third kappa shape index (κ3) is 4.21. The van der Waals surface area contributed by atoms with E-state index in [9.17, 15) is 13.2 Å². The van der Waals surface area contributed by atoms with E-state index < -0.39 is 10.9 Å². The van der Waals surface area contributed by atoms with Gasteiger partial charge in [-0.3, -0.25) is 14.4 Å². The Kier molecular flexibility index (Phi) is 6.50. The van der Waals surface area contributed by atoms with E-state index in [1.807, 2.05) is 30.7 Å². The Hall–Kier alpha value is -2.81. The van der Waals surface area contributed by atoms with Crippen LogP contribution in [0.25, 0.3) is 22.4 Å². The van der Waals surface area contributed by atoms with Crippen molar-refractivity contribution in [2.45, 2.75) is 6.92 Å². The first-order valence-corrected chi connectivity index (χ1v) is 10.6. The molecule has 1 heterocycles. The summed E-state index contributed by atoms with van der Waals surface area (Å²) in [7, 11) is 2.06. The third-order valence-corrected chi connectivity index (χ3v) is 5.60. The largest absolute Gasteiger partial charge is 0.339 e. The molecule has 0 fully saturated rings. The summed E-state index contributed by atoms with van der Waals surface area (Å²) in [5, 5.41) is 1.79. The number of carbonyl (C=O) groups excluding carboxylic acids is 1. The Labute approximate surface area is 181 Å². The van der Waals surface area contributed by atoms with Crippen molar-refractivity contribution in [1.29, 1.82) is 0 Å². The first-order chi connectivity index (χ1) is 14.2. The molecule has 0 aliphatic heterocycles. The van der Waals surface area contributed by atoms with Gasteiger partial charge in [0.1, 0.15) is 5.69 Å². The summed E-state index contributed by atoms with van der Waals surface area (Å²) < 4.78 is 26.0. The molecule has 0 radical (unpaired) electrons. The zero-order valence-electron chi connectivity index (χ0n) is 17.0. The van der Waals surface area contributed by atoms with Crippen molar-refractivity contribution in [2.75, 3.05) is 18.9 Å². The molecule has 0 bridgehead atoms. The molecule has 3 aromatic rings. The SMILES string of the molecule is CON(C)C(=O)c1c(-c2ccc(N[SH](=O)=O)cc2)c(C)c(-c2ccc(Cl)cc2)n1C. The number of aromatic nitrogens is 1. The molecule has 0 atom stereocenters. The monoisotopic (exact) mass is 447 g/mol. The van der Waals surface area contributed by atoms with E-state index in [-0.39, 0.29) is 5.91 Å². The van der Waals surface area contributed by atoms with Crippen LogP contribution in [-0.4, -0.2) is 38.1 Å². The number of hydroxylamine groups is 2. The minimum Gasteiger partial charge on any atom is -0.339 e. The van der Waals surface area contributed by atoms with Gasteiger partial charge >= 0.3 is 0 Å². The van der Waals surface area contributed by atoms with Crippen LogP contribution in [0.3, 0.4) is 0 Å². The van der Waals surface area contributed by atoms with Crippen LogP contribution in [0, 0.1) is 6.92 Å². The number of hydrogen-bond donors (Lipinski definition) is 2. The molecule has 3 rings (SSSR count). The number of thiol groups is 1. The Morgan fingerprint density at radius 1 is 1.07 bits per heavy atom. The van der Waals surface area contributed by atoms with Gasteiger partial charge in [0.25, 0.3) is 5.91 Å². The maximum absolute atomic E-state index is 13.1. The molecule has 1 amide bonds. The van der Waals surface area contributed by atoms with Gasteiger partial charge in [-0.15, -0.1) is 0 Å². The van der Waals surface area contributed by atoms with Crippen LogP contribution in [-0.2, 0) is 22.8 Å². The van der Waals surface area contributed by atoms with E-state index in [1.165, 1.54) is 12.2 Å². The van der Waals surface area contributed by atoms with Crippen LogP contribution in [0.5, 0.6) is 0 Å². The molecule has 30 heavy (non-hydrogen) atoms. The molecular weight excluding hydrogens is 426 g/mol. The highest BCUT2D eigenvalue weighted by Gasteiger charge is 2.27. The highest BCUT2D eigenvalue weighted by Crippen LogP contribution is 2.38. The van der Waals surface area contributed by atoms with Crippen molar-refractivity contribution in [3.8, 4) is 22.4 Å². The van der Waals surface area contributed by atoms with E-state index in [4.69, 9.17) is 16.4 Å². The molecule has 2 aromatic carbocycles. The first kappa shape index (κ1) is 21.9. The van der Waals surface area contributed by atoms with Crippen molar-refractivity contribution in [1.82, 2.24) is 9.63 Å². The van der Waals surface area contributed by atoms with Crippen molar-refractivity contribution in [3.63, 3.8) is 0 Å². The number of carbonyl (C=O) groups is 1. The number of nitrogens with zero attached hydrogens (tertiary/aromatic N) is 2. The molecule has 0 saturated carbocycles. The molecule has 0 saturated heterocycles. The minimum absolute atomic E-state index is 0.303. The second-order valence-corrected chi connectivity index (χ2v) is 7.87. The van der Waals surface area contributed by atoms with Crippen LogP contribution in [0.2, 0.25) is 5.02 Å². The van der Waals surface area contributed by atoms with Gasteiger partial charge in [0.2, 0.25) is 10.9 Å². The second-order valence-electron chi connectivity index (χ2n) is 6.69. The van der Waals surface area contributed by atoms with Gasteiger partial charge < -0.3 is 4.57 Å². The summed E-state index contributed by atoms with van der Waals surface area (Å²) in [6.45, 7) is 1.95. The number of benzene rings is 2. The average molecular weight is 448 g/mol. The molecule has 0 spiro atoms. The lowest BCUT2D eigenvalue weighted by atomic mass is 9.98. The predicted octanol–water partition coefficient (Wildman–Crippen LogP) is 3.89. The number of rotatable bonds is 6. The Morgan fingerprint density at radius 3 is 2.17 bits per heavy atom. The number of amides is 1. The maximum Gasteiger partial charge on any atom is 0.294 e. The van der Waals surface area contributed by atoms with Crippen LogP contribution in [0.1, 0.15) is 16.1 Å². The molecule has 9 heteroatoms. The lowest BCUT2D eigenvalue weighted by Crippen LogP contribution is -2.27. The van der Waals surface area contributed by atoms with Gasteiger partial charge in [0, 0.05) is 30.4 Å². The molecule has 0 aliphatic carbocycles. The van der Waals surface area contributed by atoms with E-state index in [1.54, 1.807) is 43.4 Å². The second kappa shape index (κ2) is 8.91. The summed E-state index contributed by atoms with van der Waals surface area (Å²) in [4.78, 5) is 18.2. The van der Waals surface area contributed by atoms with Crippen molar-refractivity contribution < 1.29 is 18.0 Å². The van der Waals surface area contributed by atoms with Crippen LogP contribution in [0.15, 0.2) is 48.5 Å². The normalized spacial score (nSPS) is 11.0. The highest BCUT2D eigenvalue weighted by molar-refractivity contribution is 7.73. The molecule has 7 nitrogen and oxygen atoms in total. The van der Waals surface area contributed by atoms with Gasteiger partial charge in [0.05, 0.1) is 12.8 Å².